The summed E-state index contributed by atoms with van der Waals surface area (Å²) in [7, 11) is 0. The summed E-state index contributed by atoms with van der Waals surface area (Å²) in [5, 5.41) is 6.01. The van der Waals surface area contributed by atoms with Crippen molar-refractivity contribution in [3.63, 3.8) is 0 Å². The summed E-state index contributed by atoms with van der Waals surface area (Å²) in [5.74, 6) is 0.407. The van der Waals surface area contributed by atoms with E-state index in [2.05, 4.69) is 25.4 Å². The zero-order chi connectivity index (χ0) is 22.3. The summed E-state index contributed by atoms with van der Waals surface area (Å²) in [5.41, 5.74) is -0.582. The van der Waals surface area contributed by atoms with Crippen molar-refractivity contribution in [2.24, 2.45) is 4.99 Å². The highest BCUT2D eigenvalue weighted by atomic mass is 19.4. The Kier molecular flexibility index (Phi) is 8.14. The number of amides is 1. The van der Waals surface area contributed by atoms with Gasteiger partial charge < -0.3 is 20.3 Å². The lowest BCUT2D eigenvalue weighted by molar-refractivity contribution is -0.137. The van der Waals surface area contributed by atoms with E-state index in [9.17, 15) is 18.0 Å². The highest BCUT2D eigenvalue weighted by Gasteiger charge is 2.31. The number of carbonyl (C=O) groups is 1. The van der Waals surface area contributed by atoms with Crippen LogP contribution in [0.4, 0.5) is 13.2 Å². The van der Waals surface area contributed by atoms with Gasteiger partial charge in [-0.05, 0) is 37.6 Å². The first-order valence-corrected chi connectivity index (χ1v) is 10.7. The van der Waals surface area contributed by atoms with Crippen LogP contribution in [0.25, 0.3) is 0 Å². The number of alkyl halides is 3. The fourth-order valence-corrected chi connectivity index (χ4v) is 3.84. The number of likely N-dealkylation sites (tertiary alicyclic amines) is 1. The van der Waals surface area contributed by atoms with E-state index in [-0.39, 0.29) is 5.56 Å². The molecule has 2 fully saturated rings. The number of morpholine rings is 1. The first-order chi connectivity index (χ1) is 14.9. The number of rotatable bonds is 6. The first-order valence-electron chi connectivity index (χ1n) is 10.7. The fourth-order valence-electron chi connectivity index (χ4n) is 3.84. The van der Waals surface area contributed by atoms with E-state index in [0.717, 1.165) is 70.5 Å². The summed E-state index contributed by atoms with van der Waals surface area (Å²) < 4.78 is 43.3. The van der Waals surface area contributed by atoms with Crippen molar-refractivity contribution in [2.45, 2.75) is 25.6 Å². The van der Waals surface area contributed by atoms with Crippen molar-refractivity contribution in [1.82, 2.24) is 20.4 Å². The molecule has 2 N–H and O–H groups in total. The average Bonchev–Trinajstić information content (AvgIpc) is 3.26. The number of hydrogen-bond acceptors (Lipinski definition) is 4. The van der Waals surface area contributed by atoms with Crippen LogP contribution in [0.15, 0.2) is 29.3 Å². The molecule has 0 aliphatic carbocycles. The lowest BCUT2D eigenvalue weighted by Crippen LogP contribution is -2.46. The molecule has 0 spiro atoms. The molecule has 0 aromatic heterocycles. The minimum absolute atomic E-state index is 0.191. The molecule has 1 aromatic rings. The van der Waals surface area contributed by atoms with Crippen LogP contribution in [0, 0.1) is 0 Å². The molecule has 1 amide bonds. The predicted molar refractivity (Wildman–Crippen MR) is 112 cm³/mol. The molecule has 7 nitrogen and oxygen atoms in total. The average molecular weight is 441 g/mol. The van der Waals surface area contributed by atoms with Crippen LogP contribution in [0.3, 0.4) is 0 Å². The fraction of sp³-hybridized carbons (Fsp3) is 0.619. The summed E-state index contributed by atoms with van der Waals surface area (Å²) in [6, 6.07) is 4.68. The smallest absolute Gasteiger partial charge is 0.379 e. The topological polar surface area (TPSA) is 69.2 Å². The Labute approximate surface area is 180 Å². The third-order valence-corrected chi connectivity index (χ3v) is 5.49. The van der Waals surface area contributed by atoms with E-state index in [1.165, 1.54) is 12.1 Å². The largest absolute Gasteiger partial charge is 0.416 e. The minimum Gasteiger partial charge on any atom is -0.379 e. The molecule has 10 heteroatoms. The van der Waals surface area contributed by atoms with Gasteiger partial charge in [0.25, 0.3) is 5.91 Å². The number of aliphatic imine (C=N–C) groups is 1. The SMILES string of the molecule is CCNC(=NCCNC(=O)c1ccc(C(F)(F)F)cc1)N1CCC(N2CCOCC2)C1. The van der Waals surface area contributed by atoms with Crippen LogP contribution in [0.2, 0.25) is 0 Å². The predicted octanol–water partition coefficient (Wildman–Crippen LogP) is 1.81. The van der Waals surface area contributed by atoms with Crippen molar-refractivity contribution < 1.29 is 22.7 Å². The van der Waals surface area contributed by atoms with Gasteiger partial charge in [-0.1, -0.05) is 0 Å². The molecule has 0 saturated carbocycles. The van der Waals surface area contributed by atoms with Gasteiger partial charge in [0.2, 0.25) is 0 Å². The molecule has 3 rings (SSSR count). The second-order valence-corrected chi connectivity index (χ2v) is 7.60. The van der Waals surface area contributed by atoms with Crippen LogP contribution in [0.1, 0.15) is 29.3 Å². The van der Waals surface area contributed by atoms with Gasteiger partial charge in [0.15, 0.2) is 5.96 Å². The molecule has 1 unspecified atom stereocenters. The first kappa shape index (κ1) is 23.3. The molecule has 2 aliphatic heterocycles. The number of ether oxygens (including phenoxy) is 1. The molecule has 0 radical (unpaired) electrons. The molecule has 31 heavy (non-hydrogen) atoms. The molecule has 1 atom stereocenters. The normalized spacial score (nSPS) is 20.7. The number of hydrogen-bond donors (Lipinski definition) is 2. The summed E-state index contributed by atoms with van der Waals surface area (Å²) >= 11 is 0. The van der Waals surface area contributed by atoms with E-state index >= 15 is 0 Å². The van der Waals surface area contributed by atoms with E-state index in [0.29, 0.717) is 19.1 Å². The maximum atomic E-state index is 12.6. The molecule has 2 aliphatic rings. The third-order valence-electron chi connectivity index (χ3n) is 5.49. The molecule has 0 bridgehead atoms. The summed E-state index contributed by atoms with van der Waals surface area (Å²) in [6.45, 7) is 8.75. The van der Waals surface area contributed by atoms with Crippen molar-refractivity contribution >= 4 is 11.9 Å². The monoisotopic (exact) mass is 441 g/mol. The Hall–Kier alpha value is -2.33. The number of carbonyl (C=O) groups excluding carboxylic acids is 1. The van der Waals surface area contributed by atoms with Crippen LogP contribution < -0.4 is 10.6 Å². The van der Waals surface area contributed by atoms with Gasteiger partial charge >= 0.3 is 6.18 Å². The second-order valence-electron chi connectivity index (χ2n) is 7.60. The van der Waals surface area contributed by atoms with E-state index in [1.807, 2.05) is 6.92 Å². The zero-order valence-electron chi connectivity index (χ0n) is 17.7. The molecule has 2 saturated heterocycles. The molecule has 172 valence electrons. The standard InChI is InChI=1S/C21H30F3N5O2/c1-2-25-20(29-10-7-18(15-29)28-11-13-31-14-12-28)27-9-8-26-19(30)16-3-5-17(6-4-16)21(22,23)24/h3-6,18H,2,7-15H2,1H3,(H,25,27)(H,26,30). The Morgan fingerprint density at radius 1 is 1.16 bits per heavy atom. The van der Waals surface area contributed by atoms with Crippen molar-refractivity contribution in [3.05, 3.63) is 35.4 Å². The van der Waals surface area contributed by atoms with Crippen LogP contribution in [-0.4, -0.2) is 86.7 Å². The third kappa shape index (κ3) is 6.57. The lowest BCUT2D eigenvalue weighted by Gasteiger charge is -2.32. The van der Waals surface area contributed by atoms with Gasteiger partial charge in [-0.3, -0.25) is 14.7 Å². The van der Waals surface area contributed by atoms with Gasteiger partial charge in [0.05, 0.1) is 25.3 Å². The van der Waals surface area contributed by atoms with Crippen LogP contribution >= 0.6 is 0 Å². The number of halogens is 3. The Morgan fingerprint density at radius 3 is 2.52 bits per heavy atom. The van der Waals surface area contributed by atoms with E-state index < -0.39 is 17.6 Å². The zero-order valence-corrected chi connectivity index (χ0v) is 17.7. The quantitative estimate of drug-likeness (QED) is 0.400. The van der Waals surface area contributed by atoms with Crippen molar-refractivity contribution in [3.8, 4) is 0 Å². The maximum absolute atomic E-state index is 12.6. The lowest BCUT2D eigenvalue weighted by atomic mass is 10.1. The van der Waals surface area contributed by atoms with Gasteiger partial charge in [-0.25, -0.2) is 0 Å². The number of nitrogens with zero attached hydrogens (tertiary/aromatic N) is 3. The Balaban J connectivity index is 1.48. The highest BCUT2D eigenvalue weighted by Crippen LogP contribution is 2.29. The number of nitrogens with one attached hydrogen (secondary N) is 2. The second kappa shape index (κ2) is 10.8. The highest BCUT2D eigenvalue weighted by molar-refractivity contribution is 5.94. The maximum Gasteiger partial charge on any atom is 0.416 e. The summed E-state index contributed by atoms with van der Waals surface area (Å²) in [4.78, 5) is 21.5. The van der Waals surface area contributed by atoms with Crippen molar-refractivity contribution in [2.75, 3.05) is 59.0 Å². The molecule has 2 heterocycles. The van der Waals surface area contributed by atoms with Gasteiger partial charge in [0.1, 0.15) is 0 Å². The van der Waals surface area contributed by atoms with Gasteiger partial charge in [-0.15, -0.1) is 0 Å². The molecular formula is C21H30F3N5O2. The number of guanidine groups is 1. The minimum atomic E-state index is -4.41. The molecule has 1 aromatic carbocycles. The Morgan fingerprint density at radius 2 is 1.87 bits per heavy atom. The van der Waals surface area contributed by atoms with Crippen molar-refractivity contribution in [1.29, 1.82) is 0 Å². The molecular weight excluding hydrogens is 411 g/mol. The van der Waals surface area contributed by atoms with E-state index in [1.54, 1.807) is 0 Å². The van der Waals surface area contributed by atoms with Gasteiger partial charge in [0, 0.05) is 50.9 Å². The van der Waals surface area contributed by atoms with Crippen LogP contribution in [-0.2, 0) is 10.9 Å². The Bertz CT molecular complexity index is 748. The van der Waals surface area contributed by atoms with E-state index in [4.69, 9.17) is 4.74 Å². The van der Waals surface area contributed by atoms with Crippen LogP contribution in [0.5, 0.6) is 0 Å². The number of benzene rings is 1. The summed E-state index contributed by atoms with van der Waals surface area (Å²) in [6.07, 6.45) is -3.34. The van der Waals surface area contributed by atoms with Gasteiger partial charge in [-0.2, -0.15) is 13.2 Å².